The topological polar surface area (TPSA) is 0 Å². The Bertz CT molecular complexity index is 822. The van der Waals surface area contributed by atoms with Crippen molar-refractivity contribution >= 4 is 10.8 Å². The number of hydrogen-bond acceptors (Lipinski definition) is 0. The van der Waals surface area contributed by atoms with Crippen molar-refractivity contribution < 1.29 is 0 Å². The van der Waals surface area contributed by atoms with Crippen LogP contribution in [-0.4, -0.2) is 0 Å². The van der Waals surface area contributed by atoms with Gasteiger partial charge >= 0.3 is 0 Å². The van der Waals surface area contributed by atoms with E-state index in [0.29, 0.717) is 0 Å². The number of rotatable bonds is 6. The van der Waals surface area contributed by atoms with E-state index in [-0.39, 0.29) is 0 Å². The first kappa shape index (κ1) is 16.5. The Labute approximate surface area is 145 Å². The van der Waals surface area contributed by atoms with Gasteiger partial charge in [0.05, 0.1) is 0 Å². The fourth-order valence-corrected chi connectivity index (χ4v) is 3.20. The van der Waals surface area contributed by atoms with E-state index in [2.05, 4.69) is 86.7 Å². The van der Waals surface area contributed by atoms with Gasteiger partial charge in [0.25, 0.3) is 0 Å². The van der Waals surface area contributed by atoms with Crippen LogP contribution in [0.1, 0.15) is 37.8 Å². The maximum atomic E-state index is 2.33. The van der Waals surface area contributed by atoms with Crippen LogP contribution in [0, 0.1) is 0 Å². The highest BCUT2D eigenvalue weighted by Gasteiger charge is 2.02. The van der Waals surface area contributed by atoms with Gasteiger partial charge in [0.15, 0.2) is 0 Å². The van der Waals surface area contributed by atoms with Crippen molar-refractivity contribution in [3.63, 3.8) is 0 Å². The normalized spacial score (nSPS) is 11.4. The smallest absolute Gasteiger partial charge is 0.0178 e. The quantitative estimate of drug-likeness (QED) is 0.431. The van der Waals surface area contributed by atoms with Gasteiger partial charge in [-0.05, 0) is 65.3 Å². The Balaban J connectivity index is 1.82. The van der Waals surface area contributed by atoms with E-state index in [9.17, 15) is 0 Å². The highest BCUT2D eigenvalue weighted by molar-refractivity contribution is 5.87. The number of aryl methyl sites for hydroxylation is 2. The SMILES string of the molecule is C/C=C/CCc1ccc(-c2ccc3cc(CCC)ccc3c2)cc1. The molecule has 3 rings (SSSR count). The van der Waals surface area contributed by atoms with Gasteiger partial charge in [-0.3, -0.25) is 0 Å². The van der Waals surface area contributed by atoms with Crippen LogP contribution in [0.4, 0.5) is 0 Å². The van der Waals surface area contributed by atoms with E-state index in [1.807, 2.05) is 0 Å². The Morgan fingerprint density at radius 1 is 0.708 bits per heavy atom. The zero-order chi connectivity index (χ0) is 16.8. The van der Waals surface area contributed by atoms with Crippen molar-refractivity contribution in [2.45, 2.75) is 39.5 Å². The molecule has 0 bridgehead atoms. The molecule has 0 saturated carbocycles. The average molecular weight is 314 g/mol. The standard InChI is InChI=1S/C24H26/c1-3-5-6-8-19-9-12-21(13-10-19)23-16-15-22-17-20(7-4-2)11-14-24(22)18-23/h3,5,9-18H,4,6-8H2,1-2H3/b5-3+. The molecule has 0 amide bonds. The molecular weight excluding hydrogens is 288 g/mol. The molecule has 0 aliphatic rings. The lowest BCUT2D eigenvalue weighted by Gasteiger charge is -2.07. The molecule has 0 spiro atoms. The van der Waals surface area contributed by atoms with Crippen LogP contribution in [0.5, 0.6) is 0 Å². The van der Waals surface area contributed by atoms with Crippen molar-refractivity contribution in [1.29, 1.82) is 0 Å². The molecule has 0 fully saturated rings. The minimum atomic E-state index is 1.11. The van der Waals surface area contributed by atoms with Crippen molar-refractivity contribution in [2.24, 2.45) is 0 Å². The van der Waals surface area contributed by atoms with Gasteiger partial charge in [0.2, 0.25) is 0 Å². The zero-order valence-electron chi connectivity index (χ0n) is 14.8. The lowest BCUT2D eigenvalue weighted by atomic mass is 9.98. The molecule has 0 heteroatoms. The maximum Gasteiger partial charge on any atom is -0.0178 e. The average Bonchev–Trinajstić information content (AvgIpc) is 2.62. The Morgan fingerprint density at radius 2 is 1.38 bits per heavy atom. The van der Waals surface area contributed by atoms with Gasteiger partial charge in [0.1, 0.15) is 0 Å². The molecule has 24 heavy (non-hydrogen) atoms. The molecule has 0 aliphatic heterocycles. The van der Waals surface area contributed by atoms with Gasteiger partial charge in [-0.15, -0.1) is 0 Å². The second-order valence-corrected chi connectivity index (χ2v) is 6.45. The largest absolute Gasteiger partial charge is 0.0917 e. The summed E-state index contributed by atoms with van der Waals surface area (Å²) in [7, 11) is 0. The lowest BCUT2D eigenvalue weighted by molar-refractivity contribution is 0.924. The minimum Gasteiger partial charge on any atom is -0.0917 e. The van der Waals surface area contributed by atoms with Gasteiger partial charge in [-0.2, -0.15) is 0 Å². The molecule has 0 atom stereocenters. The third kappa shape index (κ3) is 3.94. The van der Waals surface area contributed by atoms with E-state index in [1.165, 1.54) is 39.4 Å². The van der Waals surface area contributed by atoms with E-state index < -0.39 is 0 Å². The summed E-state index contributed by atoms with van der Waals surface area (Å²) in [5.41, 5.74) is 5.43. The predicted octanol–water partition coefficient (Wildman–Crippen LogP) is 6.97. The first-order valence-electron chi connectivity index (χ1n) is 9.03. The van der Waals surface area contributed by atoms with Crippen LogP contribution >= 0.6 is 0 Å². The van der Waals surface area contributed by atoms with Gasteiger partial charge < -0.3 is 0 Å². The second kappa shape index (κ2) is 7.97. The Morgan fingerprint density at radius 3 is 2.12 bits per heavy atom. The first-order valence-corrected chi connectivity index (χ1v) is 9.03. The van der Waals surface area contributed by atoms with E-state index >= 15 is 0 Å². The van der Waals surface area contributed by atoms with Crippen LogP contribution in [0.2, 0.25) is 0 Å². The van der Waals surface area contributed by atoms with Gasteiger partial charge in [0, 0.05) is 0 Å². The maximum absolute atomic E-state index is 2.33. The van der Waals surface area contributed by atoms with E-state index in [4.69, 9.17) is 0 Å². The minimum absolute atomic E-state index is 1.11. The molecule has 0 unspecified atom stereocenters. The molecular formula is C24H26. The van der Waals surface area contributed by atoms with E-state index in [0.717, 1.165) is 19.3 Å². The zero-order valence-corrected chi connectivity index (χ0v) is 14.8. The van der Waals surface area contributed by atoms with Crippen LogP contribution in [0.15, 0.2) is 72.8 Å². The number of benzene rings is 3. The summed E-state index contributed by atoms with van der Waals surface area (Å²) in [5.74, 6) is 0. The predicted molar refractivity (Wildman–Crippen MR) is 107 cm³/mol. The van der Waals surface area contributed by atoms with Crippen LogP contribution in [0.3, 0.4) is 0 Å². The molecule has 0 N–H and O–H groups in total. The Kier molecular flexibility index (Phi) is 5.48. The molecule has 3 aromatic rings. The molecule has 122 valence electrons. The van der Waals surface area contributed by atoms with E-state index in [1.54, 1.807) is 0 Å². The third-order valence-corrected chi connectivity index (χ3v) is 4.57. The molecule has 0 saturated heterocycles. The van der Waals surface area contributed by atoms with Crippen LogP contribution < -0.4 is 0 Å². The number of allylic oxidation sites excluding steroid dienone is 2. The second-order valence-electron chi connectivity index (χ2n) is 6.45. The first-order chi connectivity index (χ1) is 11.8. The highest BCUT2D eigenvalue weighted by Crippen LogP contribution is 2.26. The molecule has 0 heterocycles. The Hall–Kier alpha value is -2.34. The summed E-state index contributed by atoms with van der Waals surface area (Å²) in [6, 6.07) is 22.7. The molecule has 0 aromatic heterocycles. The molecule has 3 aromatic carbocycles. The fourth-order valence-electron chi connectivity index (χ4n) is 3.20. The molecule has 0 aliphatic carbocycles. The summed E-state index contributed by atoms with van der Waals surface area (Å²) in [5, 5.41) is 2.66. The van der Waals surface area contributed by atoms with Crippen molar-refractivity contribution in [1.82, 2.24) is 0 Å². The fraction of sp³-hybridized carbons (Fsp3) is 0.250. The van der Waals surface area contributed by atoms with Crippen molar-refractivity contribution in [2.75, 3.05) is 0 Å². The third-order valence-electron chi connectivity index (χ3n) is 4.57. The summed E-state index contributed by atoms with van der Waals surface area (Å²) < 4.78 is 0. The monoisotopic (exact) mass is 314 g/mol. The number of hydrogen-bond donors (Lipinski definition) is 0. The van der Waals surface area contributed by atoms with Crippen molar-refractivity contribution in [3.05, 3.63) is 83.9 Å². The van der Waals surface area contributed by atoms with Crippen LogP contribution in [0.25, 0.3) is 21.9 Å². The summed E-state index contributed by atoms with van der Waals surface area (Å²) >= 11 is 0. The lowest BCUT2D eigenvalue weighted by Crippen LogP contribution is -1.86. The van der Waals surface area contributed by atoms with Gasteiger partial charge in [-0.25, -0.2) is 0 Å². The van der Waals surface area contributed by atoms with Gasteiger partial charge in [-0.1, -0.05) is 80.1 Å². The highest BCUT2D eigenvalue weighted by atomic mass is 14.1. The number of fused-ring (bicyclic) bond motifs is 1. The summed E-state index contributed by atoms with van der Waals surface area (Å²) in [4.78, 5) is 0. The van der Waals surface area contributed by atoms with Crippen molar-refractivity contribution in [3.8, 4) is 11.1 Å². The van der Waals surface area contributed by atoms with Crippen LogP contribution in [-0.2, 0) is 12.8 Å². The summed E-state index contributed by atoms with van der Waals surface area (Å²) in [6.45, 7) is 4.31. The summed E-state index contributed by atoms with van der Waals surface area (Å²) in [6.07, 6.45) is 8.93. The molecule has 0 nitrogen and oxygen atoms in total. The molecule has 0 radical (unpaired) electrons.